The molecule has 19 heavy (non-hydrogen) atoms. The van der Waals surface area contributed by atoms with Gasteiger partial charge in [-0.2, -0.15) is 10.2 Å². The minimum atomic E-state index is -0.278. The zero-order chi connectivity index (χ0) is 14.0. The van der Waals surface area contributed by atoms with Crippen molar-refractivity contribution >= 4 is 15.9 Å². The van der Waals surface area contributed by atoms with E-state index in [2.05, 4.69) is 31.0 Å². The second-order valence-corrected chi connectivity index (χ2v) is 5.65. The first-order valence-corrected chi connectivity index (χ1v) is 6.89. The van der Waals surface area contributed by atoms with E-state index in [4.69, 9.17) is 5.73 Å². The number of likely N-dealkylation sites (N-methyl/N-ethyl adjacent to an activating group) is 1. The van der Waals surface area contributed by atoms with Gasteiger partial charge in [-0.3, -0.25) is 9.36 Å². The van der Waals surface area contributed by atoms with E-state index in [1.165, 1.54) is 0 Å². The van der Waals surface area contributed by atoms with E-state index in [-0.39, 0.29) is 6.04 Å². The molecule has 0 aliphatic heterocycles. The van der Waals surface area contributed by atoms with Gasteiger partial charge in [0.05, 0.1) is 34.6 Å². The highest BCUT2D eigenvalue weighted by Gasteiger charge is 2.20. The van der Waals surface area contributed by atoms with Crippen molar-refractivity contribution < 1.29 is 0 Å². The lowest BCUT2D eigenvalue weighted by atomic mass is 10.1. The maximum Gasteiger partial charge on any atom is 0.0927 e. The van der Waals surface area contributed by atoms with Gasteiger partial charge in [0.15, 0.2) is 0 Å². The van der Waals surface area contributed by atoms with E-state index in [1.54, 1.807) is 10.9 Å². The number of hydrogen-bond donors (Lipinski definition) is 1. The third kappa shape index (κ3) is 3.23. The highest BCUT2D eigenvalue weighted by atomic mass is 79.9. The van der Waals surface area contributed by atoms with Gasteiger partial charge in [-0.05, 0) is 36.1 Å². The molecule has 104 valence electrons. The summed E-state index contributed by atoms with van der Waals surface area (Å²) >= 11 is 3.52. The third-order valence-corrected chi connectivity index (χ3v) is 3.55. The molecule has 0 aliphatic rings. The Hall–Kier alpha value is -1.18. The zero-order valence-electron chi connectivity index (χ0n) is 11.4. The minimum absolute atomic E-state index is 0.278. The Labute approximate surface area is 121 Å². The average Bonchev–Trinajstić information content (AvgIpc) is 2.92. The molecule has 2 rings (SSSR count). The fourth-order valence-corrected chi connectivity index (χ4v) is 2.44. The topological polar surface area (TPSA) is 64.9 Å². The number of rotatable bonds is 5. The van der Waals surface area contributed by atoms with Gasteiger partial charge in [-0.1, -0.05) is 0 Å². The van der Waals surface area contributed by atoms with Crippen LogP contribution in [0, 0.1) is 0 Å². The number of halogens is 1. The molecule has 0 radical (unpaired) electrons. The molecule has 0 saturated carbocycles. The van der Waals surface area contributed by atoms with Crippen LogP contribution in [0.1, 0.15) is 17.4 Å². The van der Waals surface area contributed by atoms with E-state index in [9.17, 15) is 0 Å². The molecule has 2 aromatic heterocycles. The van der Waals surface area contributed by atoms with Crippen molar-refractivity contribution in [3.05, 3.63) is 34.3 Å². The lowest BCUT2D eigenvalue weighted by Gasteiger charge is -2.15. The largest absolute Gasteiger partial charge is 0.318 e. The fourth-order valence-electron chi connectivity index (χ4n) is 1.89. The molecule has 0 fully saturated rings. The number of nitrogens with zero attached hydrogens (tertiary/aromatic N) is 5. The van der Waals surface area contributed by atoms with Crippen molar-refractivity contribution in [1.29, 1.82) is 0 Å². The van der Waals surface area contributed by atoms with Crippen molar-refractivity contribution in [1.82, 2.24) is 24.5 Å². The molecule has 0 saturated heterocycles. The van der Waals surface area contributed by atoms with Gasteiger partial charge >= 0.3 is 0 Å². The van der Waals surface area contributed by atoms with Gasteiger partial charge in [0.2, 0.25) is 0 Å². The first kappa shape index (κ1) is 14.2. The Morgan fingerprint density at radius 1 is 1.47 bits per heavy atom. The van der Waals surface area contributed by atoms with E-state index in [0.717, 1.165) is 29.0 Å². The Balaban J connectivity index is 2.25. The van der Waals surface area contributed by atoms with Gasteiger partial charge in [0.1, 0.15) is 0 Å². The van der Waals surface area contributed by atoms with E-state index in [0.29, 0.717) is 0 Å². The lowest BCUT2D eigenvalue weighted by molar-refractivity contribution is 0.367. The molecular formula is C12H19BrN6. The molecule has 1 atom stereocenters. The highest BCUT2D eigenvalue weighted by Crippen LogP contribution is 2.25. The van der Waals surface area contributed by atoms with Crippen LogP contribution in [0.4, 0.5) is 0 Å². The second kappa shape index (κ2) is 5.85. The second-order valence-electron chi connectivity index (χ2n) is 4.80. The smallest absolute Gasteiger partial charge is 0.0927 e. The van der Waals surface area contributed by atoms with Crippen molar-refractivity contribution in [2.24, 2.45) is 12.8 Å². The van der Waals surface area contributed by atoms with Crippen LogP contribution in [0.2, 0.25) is 0 Å². The number of aromatic nitrogens is 4. The molecule has 2 aromatic rings. The highest BCUT2D eigenvalue weighted by molar-refractivity contribution is 9.10. The van der Waals surface area contributed by atoms with Gasteiger partial charge in [-0.25, -0.2) is 0 Å². The summed E-state index contributed by atoms with van der Waals surface area (Å²) in [5.74, 6) is 0. The van der Waals surface area contributed by atoms with Crippen molar-refractivity contribution in [3.8, 4) is 0 Å². The van der Waals surface area contributed by atoms with Crippen LogP contribution in [0.15, 0.2) is 22.9 Å². The van der Waals surface area contributed by atoms with Crippen LogP contribution in [0.3, 0.4) is 0 Å². The predicted molar refractivity (Wildman–Crippen MR) is 77.7 cm³/mol. The van der Waals surface area contributed by atoms with Gasteiger partial charge in [0, 0.05) is 19.8 Å². The monoisotopic (exact) mass is 326 g/mol. The van der Waals surface area contributed by atoms with Crippen LogP contribution in [0.5, 0.6) is 0 Å². The number of aryl methyl sites for hydroxylation is 1. The summed E-state index contributed by atoms with van der Waals surface area (Å²) in [5, 5.41) is 8.73. The Bertz CT molecular complexity index is 544. The maximum atomic E-state index is 6.30. The standard InChI is InChI=1S/C12H19BrN6/c1-17(2)6-7-19-12(9(13)8-15-19)11(14)10-4-5-18(3)16-10/h4-5,8,11H,6-7,14H2,1-3H3. The van der Waals surface area contributed by atoms with Gasteiger partial charge < -0.3 is 10.6 Å². The molecule has 1 unspecified atom stereocenters. The summed E-state index contributed by atoms with van der Waals surface area (Å²) in [6, 6.07) is 1.65. The number of nitrogens with two attached hydrogens (primary N) is 1. The minimum Gasteiger partial charge on any atom is -0.318 e. The van der Waals surface area contributed by atoms with Crippen LogP contribution < -0.4 is 5.73 Å². The Morgan fingerprint density at radius 2 is 2.21 bits per heavy atom. The predicted octanol–water partition coefficient (Wildman–Crippen LogP) is 0.989. The third-order valence-electron chi connectivity index (χ3n) is 2.94. The maximum absolute atomic E-state index is 6.30. The average molecular weight is 327 g/mol. The van der Waals surface area contributed by atoms with E-state index >= 15 is 0 Å². The van der Waals surface area contributed by atoms with Crippen LogP contribution in [0.25, 0.3) is 0 Å². The first-order chi connectivity index (χ1) is 8.99. The summed E-state index contributed by atoms with van der Waals surface area (Å²) in [7, 11) is 5.96. The first-order valence-electron chi connectivity index (χ1n) is 6.10. The molecule has 6 nitrogen and oxygen atoms in total. The molecule has 0 spiro atoms. The Kier molecular flexibility index (Phi) is 4.38. The van der Waals surface area contributed by atoms with Crippen LogP contribution in [-0.2, 0) is 13.6 Å². The van der Waals surface area contributed by atoms with E-state index < -0.39 is 0 Å². The summed E-state index contributed by atoms with van der Waals surface area (Å²) in [6.07, 6.45) is 3.68. The molecule has 0 amide bonds. The molecule has 7 heteroatoms. The summed E-state index contributed by atoms with van der Waals surface area (Å²) < 4.78 is 4.61. The molecule has 0 aromatic carbocycles. The molecule has 0 aliphatic carbocycles. The van der Waals surface area contributed by atoms with Crippen molar-refractivity contribution in [2.45, 2.75) is 12.6 Å². The summed E-state index contributed by atoms with van der Waals surface area (Å²) in [4.78, 5) is 2.12. The van der Waals surface area contributed by atoms with Crippen molar-refractivity contribution in [2.75, 3.05) is 20.6 Å². The van der Waals surface area contributed by atoms with Crippen LogP contribution >= 0.6 is 15.9 Å². The SMILES string of the molecule is CN(C)CCn1ncc(Br)c1C(N)c1ccn(C)n1. The fraction of sp³-hybridized carbons (Fsp3) is 0.500. The normalized spacial score (nSPS) is 13.2. The van der Waals surface area contributed by atoms with Gasteiger partial charge in [0.25, 0.3) is 0 Å². The van der Waals surface area contributed by atoms with Gasteiger partial charge in [-0.15, -0.1) is 0 Å². The van der Waals surface area contributed by atoms with Crippen molar-refractivity contribution in [3.63, 3.8) is 0 Å². The summed E-state index contributed by atoms with van der Waals surface area (Å²) in [6.45, 7) is 1.71. The quantitative estimate of drug-likeness (QED) is 0.889. The van der Waals surface area contributed by atoms with Crippen LogP contribution in [-0.4, -0.2) is 45.1 Å². The summed E-state index contributed by atoms with van der Waals surface area (Å²) in [5.41, 5.74) is 8.10. The molecule has 2 heterocycles. The zero-order valence-corrected chi connectivity index (χ0v) is 13.0. The molecular weight excluding hydrogens is 308 g/mol. The number of hydrogen-bond acceptors (Lipinski definition) is 4. The molecule has 2 N–H and O–H groups in total. The Morgan fingerprint density at radius 3 is 2.79 bits per heavy atom. The lowest BCUT2D eigenvalue weighted by Crippen LogP contribution is -2.24. The molecule has 0 bridgehead atoms. The van der Waals surface area contributed by atoms with E-state index in [1.807, 2.05) is 38.1 Å².